The van der Waals surface area contributed by atoms with Crippen LogP contribution in [-0.4, -0.2) is 77.8 Å². The Labute approximate surface area is 346 Å². The molecule has 6 rings (SSSR count). The number of rotatable bonds is 13. The monoisotopic (exact) mass is 801 g/mol. The fourth-order valence-corrected chi connectivity index (χ4v) is 7.74. The summed E-state index contributed by atoms with van der Waals surface area (Å²) in [5, 5.41) is 8.65. The lowest BCUT2D eigenvalue weighted by molar-refractivity contribution is -0.140. The molecule has 13 heteroatoms. The molecule has 0 spiro atoms. The van der Waals surface area contributed by atoms with Gasteiger partial charge >= 0.3 is 6.09 Å². The Kier molecular flexibility index (Phi) is 13.7. The first-order valence-corrected chi connectivity index (χ1v) is 20.2. The number of nitrogens with two attached hydrogens (primary N) is 1. The maximum Gasteiger partial charge on any atom is 0.407 e. The summed E-state index contributed by atoms with van der Waals surface area (Å²) in [6.45, 7) is 7.65. The molecule has 0 aliphatic carbocycles. The Hall–Kier alpha value is -6.21. The van der Waals surface area contributed by atoms with E-state index >= 15 is 0 Å². The van der Waals surface area contributed by atoms with E-state index in [2.05, 4.69) is 33.0 Å². The molecule has 0 bridgehead atoms. The van der Waals surface area contributed by atoms with Gasteiger partial charge < -0.3 is 41.1 Å². The van der Waals surface area contributed by atoms with Crippen LogP contribution >= 0.6 is 0 Å². The van der Waals surface area contributed by atoms with Gasteiger partial charge in [-0.2, -0.15) is 0 Å². The highest BCUT2D eigenvalue weighted by Crippen LogP contribution is 2.28. The van der Waals surface area contributed by atoms with Crippen molar-refractivity contribution in [1.82, 2.24) is 15.1 Å². The van der Waals surface area contributed by atoms with Crippen LogP contribution in [0.2, 0.25) is 0 Å². The summed E-state index contributed by atoms with van der Waals surface area (Å²) < 4.78 is 4.76. The zero-order chi connectivity index (χ0) is 42.1. The molecular formula is C46H55N7O6. The Bertz CT molecular complexity index is 2070. The largest absolute Gasteiger partial charge is 0.453 e. The van der Waals surface area contributed by atoms with Crippen LogP contribution < -0.4 is 26.6 Å². The molecule has 2 heterocycles. The average Bonchev–Trinajstić information content (AvgIpc) is 3.95. The fraction of sp³-hybridized carbons (Fsp3) is 0.370. The van der Waals surface area contributed by atoms with E-state index in [-0.39, 0.29) is 23.6 Å². The lowest BCUT2D eigenvalue weighted by atomic mass is 9.85. The van der Waals surface area contributed by atoms with Crippen LogP contribution in [0.25, 0.3) is 0 Å². The molecule has 4 unspecified atom stereocenters. The summed E-state index contributed by atoms with van der Waals surface area (Å²) in [5.74, 6) is -1.08. The molecule has 4 atom stereocenters. The van der Waals surface area contributed by atoms with E-state index in [0.717, 1.165) is 28.8 Å². The molecule has 13 nitrogen and oxygen atoms in total. The number of nitrogens with zero attached hydrogens (tertiary/aromatic N) is 3. The van der Waals surface area contributed by atoms with Crippen molar-refractivity contribution < 1.29 is 28.7 Å². The topological polar surface area (TPSA) is 166 Å². The number of carbonyl (C=O) groups excluding carboxylic acids is 5. The van der Waals surface area contributed by atoms with Crippen LogP contribution in [0, 0.1) is 5.41 Å². The normalized spacial score (nSPS) is 17.4. The molecule has 2 saturated heterocycles. The summed E-state index contributed by atoms with van der Waals surface area (Å²) in [4.78, 5) is 71.3. The summed E-state index contributed by atoms with van der Waals surface area (Å²) in [7, 11) is 1.25. The standard InChI is InChI=1S/C46H55N7O6/c1-46(2,3)40(50-45(58)59-4)44(57)53-28-12-18-38(53)42(55)49-35-25-21-32(22-26-35)30-51(36-15-9-6-10-16-36)29-31-19-23-34(24-20-31)48-41(54)37-17-11-27-52(37)43(56)39(47)33-13-7-5-8-14-33/h5-10,13-16,19-26,37-40H,11-12,17-18,27-30,47H2,1-4H3,(H,48,54)(H,49,55)(H,50,58). The number of ether oxygens (including phenoxy) is 1. The van der Waals surface area contributed by atoms with Crippen LogP contribution in [0.3, 0.4) is 0 Å². The van der Waals surface area contributed by atoms with Gasteiger partial charge in [0.05, 0.1) is 7.11 Å². The minimum Gasteiger partial charge on any atom is -0.453 e. The average molecular weight is 802 g/mol. The number of para-hydroxylation sites is 1. The molecule has 2 fully saturated rings. The molecule has 4 aromatic carbocycles. The molecule has 59 heavy (non-hydrogen) atoms. The number of amides is 5. The number of alkyl carbamates (subject to hydrolysis) is 1. The van der Waals surface area contributed by atoms with E-state index in [1.54, 1.807) is 9.80 Å². The van der Waals surface area contributed by atoms with E-state index in [1.807, 2.05) is 118 Å². The third-order valence-corrected chi connectivity index (χ3v) is 11.0. The van der Waals surface area contributed by atoms with Gasteiger partial charge in [0.1, 0.15) is 24.2 Å². The van der Waals surface area contributed by atoms with Gasteiger partial charge in [0, 0.05) is 43.2 Å². The highest BCUT2D eigenvalue weighted by Gasteiger charge is 2.42. The van der Waals surface area contributed by atoms with E-state index in [4.69, 9.17) is 10.5 Å². The predicted octanol–water partition coefficient (Wildman–Crippen LogP) is 6.22. The minimum absolute atomic E-state index is 0.231. The van der Waals surface area contributed by atoms with E-state index in [9.17, 15) is 24.0 Å². The lowest BCUT2D eigenvalue weighted by Gasteiger charge is -2.35. The van der Waals surface area contributed by atoms with Gasteiger partial charge in [0.25, 0.3) is 0 Å². The van der Waals surface area contributed by atoms with Crippen molar-refractivity contribution in [2.75, 3.05) is 35.7 Å². The highest BCUT2D eigenvalue weighted by atomic mass is 16.5. The second-order valence-electron chi connectivity index (χ2n) is 16.3. The molecule has 5 amide bonds. The Morgan fingerprint density at radius 2 is 1.15 bits per heavy atom. The molecule has 2 aliphatic rings. The van der Waals surface area contributed by atoms with Crippen molar-refractivity contribution in [1.29, 1.82) is 0 Å². The number of nitrogens with one attached hydrogen (secondary N) is 3. The Morgan fingerprint density at radius 1 is 0.695 bits per heavy atom. The minimum atomic E-state index is -0.856. The quantitative estimate of drug-likeness (QED) is 0.124. The van der Waals surface area contributed by atoms with E-state index in [1.165, 1.54) is 7.11 Å². The SMILES string of the molecule is COC(=O)NC(C(=O)N1CCCC1C(=O)Nc1ccc(CN(Cc2ccc(NC(=O)C3CCCN3C(=O)C(N)c3ccccc3)cc2)c2ccccc2)cc1)C(C)(C)C. The summed E-state index contributed by atoms with van der Waals surface area (Å²) in [5.41, 5.74) is 10.8. The molecule has 5 N–H and O–H groups in total. The highest BCUT2D eigenvalue weighted by molar-refractivity contribution is 5.99. The number of benzene rings is 4. The molecular weight excluding hydrogens is 747 g/mol. The molecule has 4 aromatic rings. The van der Waals surface area contributed by atoms with Crippen molar-refractivity contribution in [3.63, 3.8) is 0 Å². The third-order valence-electron chi connectivity index (χ3n) is 11.0. The van der Waals surface area contributed by atoms with Crippen LogP contribution in [0.4, 0.5) is 21.9 Å². The predicted molar refractivity (Wildman–Crippen MR) is 228 cm³/mol. The van der Waals surface area contributed by atoms with E-state index < -0.39 is 35.7 Å². The second-order valence-corrected chi connectivity index (χ2v) is 16.3. The van der Waals surface area contributed by atoms with Gasteiger partial charge in [-0.05, 0) is 84.2 Å². The smallest absolute Gasteiger partial charge is 0.407 e. The van der Waals surface area contributed by atoms with E-state index in [0.29, 0.717) is 56.8 Å². The van der Waals surface area contributed by atoms with Gasteiger partial charge in [-0.25, -0.2) is 4.79 Å². The van der Waals surface area contributed by atoms with Crippen LogP contribution in [-0.2, 0) is 37.0 Å². The molecule has 310 valence electrons. The summed E-state index contributed by atoms with van der Waals surface area (Å²) in [6.07, 6.45) is 1.81. The number of carbonyl (C=O) groups is 5. The fourth-order valence-electron chi connectivity index (χ4n) is 7.74. The number of likely N-dealkylation sites (tertiary alicyclic amines) is 2. The number of methoxy groups -OCH3 is 1. The molecule has 0 radical (unpaired) electrons. The van der Waals surface area contributed by atoms with Gasteiger partial charge in [-0.1, -0.05) is 93.6 Å². The van der Waals surface area contributed by atoms with Gasteiger partial charge in [0.2, 0.25) is 23.6 Å². The summed E-state index contributed by atoms with van der Waals surface area (Å²) >= 11 is 0. The zero-order valence-electron chi connectivity index (χ0n) is 34.2. The van der Waals surface area contributed by atoms with Crippen molar-refractivity contribution in [2.45, 2.75) is 83.7 Å². The maximum atomic E-state index is 13.6. The Balaban J connectivity index is 1.07. The first kappa shape index (κ1) is 42.4. The second kappa shape index (κ2) is 19.0. The zero-order valence-corrected chi connectivity index (χ0v) is 34.2. The lowest BCUT2D eigenvalue weighted by Crippen LogP contribution is -2.57. The molecule has 2 aliphatic heterocycles. The van der Waals surface area contributed by atoms with Gasteiger partial charge in [-0.15, -0.1) is 0 Å². The first-order chi connectivity index (χ1) is 28.3. The van der Waals surface area contributed by atoms with Crippen LogP contribution in [0.1, 0.15) is 69.2 Å². The van der Waals surface area contributed by atoms with Crippen LogP contribution in [0.5, 0.6) is 0 Å². The van der Waals surface area contributed by atoms with Crippen molar-refractivity contribution in [3.05, 3.63) is 126 Å². The third kappa shape index (κ3) is 10.7. The number of hydrogen-bond acceptors (Lipinski definition) is 8. The number of anilines is 3. The maximum absolute atomic E-state index is 13.6. The summed E-state index contributed by atoms with van der Waals surface area (Å²) in [6, 6.07) is 31.7. The van der Waals surface area contributed by atoms with Crippen molar-refractivity contribution >= 4 is 46.8 Å². The van der Waals surface area contributed by atoms with Crippen molar-refractivity contribution in [3.8, 4) is 0 Å². The molecule has 0 saturated carbocycles. The van der Waals surface area contributed by atoms with Crippen LogP contribution in [0.15, 0.2) is 109 Å². The Morgan fingerprint density at radius 3 is 1.61 bits per heavy atom. The van der Waals surface area contributed by atoms with Crippen molar-refractivity contribution in [2.24, 2.45) is 11.1 Å². The van der Waals surface area contributed by atoms with Gasteiger partial charge in [0.15, 0.2) is 0 Å². The molecule has 0 aromatic heterocycles. The number of hydrogen-bond donors (Lipinski definition) is 4. The first-order valence-electron chi connectivity index (χ1n) is 20.2. The van der Waals surface area contributed by atoms with Gasteiger partial charge in [-0.3, -0.25) is 19.2 Å².